The molecule has 3 nitrogen and oxygen atoms in total. The smallest absolute Gasteiger partial charge is 0.161 e. The van der Waals surface area contributed by atoms with Crippen LogP contribution >= 0.6 is 0 Å². The number of hydrogen-bond acceptors (Lipinski definition) is 3. The van der Waals surface area contributed by atoms with Crippen molar-refractivity contribution in [2.75, 3.05) is 0 Å². The lowest BCUT2D eigenvalue weighted by Gasteiger charge is -2.16. The predicted molar refractivity (Wildman–Crippen MR) is 76.3 cm³/mol. The topological polar surface area (TPSA) is 47.0 Å². The Morgan fingerprint density at radius 3 is 2.26 bits per heavy atom. The van der Waals surface area contributed by atoms with E-state index in [1.54, 1.807) is 24.5 Å². The summed E-state index contributed by atoms with van der Waals surface area (Å²) in [5.74, 6) is 0.0585. The Labute approximate surface area is 114 Å². The summed E-state index contributed by atoms with van der Waals surface area (Å²) in [5, 5.41) is -0.443. The third kappa shape index (κ3) is 3.41. The van der Waals surface area contributed by atoms with Gasteiger partial charge in [-0.2, -0.15) is 0 Å². The zero-order valence-corrected chi connectivity index (χ0v) is 11.7. The van der Waals surface area contributed by atoms with E-state index >= 15 is 0 Å². The second kappa shape index (κ2) is 5.97. The first-order valence-electron chi connectivity index (χ1n) is 6.29. The molecule has 0 aliphatic heterocycles. The Kier molecular flexibility index (Phi) is 4.32. The largest absolute Gasteiger partial charge is 0.265 e. The number of sulfone groups is 1. The number of pyridine rings is 1. The predicted octanol–water partition coefficient (Wildman–Crippen LogP) is 3.15. The molecule has 1 unspecified atom stereocenters. The van der Waals surface area contributed by atoms with Gasteiger partial charge in [0.15, 0.2) is 9.84 Å². The first-order valence-corrected chi connectivity index (χ1v) is 8.00. The van der Waals surface area contributed by atoms with E-state index in [9.17, 15) is 8.42 Å². The summed E-state index contributed by atoms with van der Waals surface area (Å²) in [6.07, 6.45) is 3.82. The van der Waals surface area contributed by atoms with Gasteiger partial charge >= 0.3 is 0 Å². The van der Waals surface area contributed by atoms with Gasteiger partial charge in [0, 0.05) is 12.4 Å². The van der Waals surface area contributed by atoms with E-state index in [1.807, 2.05) is 37.3 Å². The minimum absolute atomic E-state index is 0.0585. The number of hydrogen-bond donors (Lipinski definition) is 0. The van der Waals surface area contributed by atoms with Crippen LogP contribution in [0.15, 0.2) is 54.9 Å². The Hall–Kier alpha value is -1.68. The lowest BCUT2D eigenvalue weighted by atomic mass is 10.1. The van der Waals surface area contributed by atoms with Crippen LogP contribution in [0.5, 0.6) is 0 Å². The second-order valence-electron chi connectivity index (χ2n) is 4.47. The van der Waals surface area contributed by atoms with Gasteiger partial charge < -0.3 is 0 Å². The van der Waals surface area contributed by atoms with E-state index in [2.05, 4.69) is 4.98 Å². The summed E-state index contributed by atoms with van der Waals surface area (Å²) < 4.78 is 25.0. The summed E-state index contributed by atoms with van der Waals surface area (Å²) in [4.78, 5) is 3.90. The maximum atomic E-state index is 12.5. The van der Waals surface area contributed by atoms with E-state index in [4.69, 9.17) is 0 Å². The molecule has 1 heterocycles. The molecule has 2 rings (SSSR count). The fourth-order valence-corrected chi connectivity index (χ4v) is 4.11. The van der Waals surface area contributed by atoms with Crippen molar-refractivity contribution in [3.63, 3.8) is 0 Å². The van der Waals surface area contributed by atoms with Crippen molar-refractivity contribution >= 4 is 9.84 Å². The van der Waals surface area contributed by atoms with Crippen molar-refractivity contribution in [2.45, 2.75) is 24.3 Å². The molecule has 1 aromatic carbocycles. The molecule has 4 heteroatoms. The summed E-state index contributed by atoms with van der Waals surface area (Å²) in [6, 6.07) is 12.9. The zero-order chi connectivity index (χ0) is 13.7. The third-order valence-corrected chi connectivity index (χ3v) is 5.30. The van der Waals surface area contributed by atoms with E-state index in [1.165, 1.54) is 0 Å². The van der Waals surface area contributed by atoms with Crippen LogP contribution < -0.4 is 0 Å². The highest BCUT2D eigenvalue weighted by molar-refractivity contribution is 7.90. The Morgan fingerprint density at radius 1 is 1.05 bits per heavy atom. The molecule has 0 aliphatic rings. The van der Waals surface area contributed by atoms with Crippen molar-refractivity contribution < 1.29 is 8.42 Å². The number of aromatic nitrogens is 1. The van der Waals surface area contributed by atoms with E-state index in [0.717, 1.165) is 11.1 Å². The van der Waals surface area contributed by atoms with E-state index < -0.39 is 15.1 Å². The highest BCUT2D eigenvalue weighted by Crippen LogP contribution is 2.28. The molecule has 0 saturated carbocycles. The molecule has 0 radical (unpaired) electrons. The van der Waals surface area contributed by atoms with Gasteiger partial charge in [0.1, 0.15) is 0 Å². The van der Waals surface area contributed by atoms with E-state index in [-0.39, 0.29) is 5.75 Å². The Morgan fingerprint density at radius 2 is 1.68 bits per heavy atom. The zero-order valence-electron chi connectivity index (χ0n) is 10.9. The van der Waals surface area contributed by atoms with E-state index in [0.29, 0.717) is 6.42 Å². The molecular formula is C15H17NO2S. The maximum Gasteiger partial charge on any atom is 0.161 e. The first-order chi connectivity index (χ1) is 9.13. The Bertz CT molecular complexity index is 609. The number of rotatable bonds is 5. The summed E-state index contributed by atoms with van der Waals surface area (Å²) in [6.45, 7) is 1.90. The van der Waals surface area contributed by atoms with Gasteiger partial charge in [-0.25, -0.2) is 8.42 Å². The van der Waals surface area contributed by atoms with Crippen LogP contribution in [0.4, 0.5) is 0 Å². The number of benzene rings is 1. The molecule has 100 valence electrons. The maximum absolute atomic E-state index is 12.5. The van der Waals surface area contributed by atoms with Crippen LogP contribution in [0, 0.1) is 0 Å². The van der Waals surface area contributed by atoms with Crippen molar-refractivity contribution in [1.82, 2.24) is 4.98 Å². The molecule has 0 saturated heterocycles. The normalized spacial score (nSPS) is 13.1. The average molecular weight is 275 g/mol. The second-order valence-corrected chi connectivity index (χ2v) is 6.65. The van der Waals surface area contributed by atoms with Crippen molar-refractivity contribution in [2.24, 2.45) is 0 Å². The van der Waals surface area contributed by atoms with Gasteiger partial charge in [-0.1, -0.05) is 37.3 Å². The van der Waals surface area contributed by atoms with Gasteiger partial charge in [-0.15, -0.1) is 0 Å². The number of nitrogens with zero attached hydrogens (tertiary/aromatic N) is 1. The first kappa shape index (κ1) is 13.7. The lowest BCUT2D eigenvalue weighted by Crippen LogP contribution is -2.15. The standard InChI is InChI=1S/C15H17NO2S/c1-2-15(14-6-4-3-5-7-14)19(17,18)12-13-8-10-16-11-9-13/h3-11,15H,2,12H2,1H3. The molecule has 1 aromatic heterocycles. The highest BCUT2D eigenvalue weighted by Gasteiger charge is 2.25. The van der Waals surface area contributed by atoms with Gasteiger partial charge in [0.25, 0.3) is 0 Å². The fourth-order valence-electron chi connectivity index (χ4n) is 2.18. The minimum atomic E-state index is -3.21. The van der Waals surface area contributed by atoms with Gasteiger partial charge in [0.2, 0.25) is 0 Å². The summed E-state index contributed by atoms with van der Waals surface area (Å²) in [7, 11) is -3.21. The minimum Gasteiger partial charge on any atom is -0.265 e. The summed E-state index contributed by atoms with van der Waals surface area (Å²) in [5.41, 5.74) is 1.64. The van der Waals surface area contributed by atoms with Gasteiger partial charge in [0.05, 0.1) is 11.0 Å². The molecule has 19 heavy (non-hydrogen) atoms. The molecule has 0 aliphatic carbocycles. The molecule has 0 amide bonds. The highest BCUT2D eigenvalue weighted by atomic mass is 32.2. The average Bonchev–Trinajstić information content (AvgIpc) is 2.41. The third-order valence-electron chi connectivity index (χ3n) is 3.09. The molecule has 2 aromatic rings. The fraction of sp³-hybridized carbons (Fsp3) is 0.267. The molecule has 0 spiro atoms. The van der Waals surface area contributed by atoms with Gasteiger partial charge in [-0.05, 0) is 29.7 Å². The van der Waals surface area contributed by atoms with Crippen LogP contribution in [0.2, 0.25) is 0 Å². The monoisotopic (exact) mass is 275 g/mol. The van der Waals surface area contributed by atoms with Crippen molar-refractivity contribution in [1.29, 1.82) is 0 Å². The van der Waals surface area contributed by atoms with Crippen LogP contribution in [-0.4, -0.2) is 13.4 Å². The summed E-state index contributed by atoms with van der Waals surface area (Å²) >= 11 is 0. The molecule has 0 bridgehead atoms. The van der Waals surface area contributed by atoms with Crippen LogP contribution in [0.1, 0.15) is 29.7 Å². The Balaban J connectivity index is 2.27. The molecule has 0 N–H and O–H groups in total. The van der Waals surface area contributed by atoms with Crippen molar-refractivity contribution in [3.8, 4) is 0 Å². The van der Waals surface area contributed by atoms with Gasteiger partial charge in [-0.3, -0.25) is 4.98 Å². The van der Waals surface area contributed by atoms with Crippen LogP contribution in [0.25, 0.3) is 0 Å². The quantitative estimate of drug-likeness (QED) is 0.842. The van der Waals surface area contributed by atoms with Crippen LogP contribution in [0.3, 0.4) is 0 Å². The lowest BCUT2D eigenvalue weighted by molar-refractivity contribution is 0.578. The van der Waals surface area contributed by atoms with Crippen molar-refractivity contribution in [3.05, 3.63) is 66.0 Å². The SMILES string of the molecule is CCC(c1ccccc1)S(=O)(=O)Cc1ccncc1. The molecular weight excluding hydrogens is 258 g/mol. The molecule has 1 atom stereocenters. The molecule has 0 fully saturated rings. The van der Waals surface area contributed by atoms with Crippen LogP contribution in [-0.2, 0) is 15.6 Å².